The van der Waals surface area contributed by atoms with E-state index in [1.807, 2.05) is 42.5 Å². The van der Waals surface area contributed by atoms with E-state index in [0.29, 0.717) is 11.4 Å². The summed E-state index contributed by atoms with van der Waals surface area (Å²) in [5.41, 5.74) is 6.94. The van der Waals surface area contributed by atoms with Crippen molar-refractivity contribution in [2.24, 2.45) is 5.73 Å². The minimum atomic E-state index is -0.508. The van der Waals surface area contributed by atoms with Gasteiger partial charge < -0.3 is 15.4 Å². The minimum absolute atomic E-state index is 0.0496. The maximum atomic E-state index is 12.8. The van der Waals surface area contributed by atoms with Crippen molar-refractivity contribution in [3.05, 3.63) is 60.2 Å². The largest absolute Gasteiger partial charge is 0.478 e. The van der Waals surface area contributed by atoms with Crippen LogP contribution in [0.3, 0.4) is 0 Å². The van der Waals surface area contributed by atoms with Gasteiger partial charge in [0.05, 0.1) is 19.1 Å². The first-order valence-electron chi connectivity index (χ1n) is 7.74. The highest BCUT2D eigenvalue weighted by Gasteiger charge is 2.29. The Morgan fingerprint density at radius 3 is 2.58 bits per heavy atom. The van der Waals surface area contributed by atoms with Crippen LogP contribution in [0.25, 0.3) is 0 Å². The number of amides is 1. The second kappa shape index (κ2) is 7.25. The second-order valence-corrected chi connectivity index (χ2v) is 5.45. The lowest BCUT2D eigenvalue weighted by atomic mass is 10.00. The third-order valence-electron chi connectivity index (χ3n) is 3.92. The van der Waals surface area contributed by atoms with Crippen LogP contribution in [0.1, 0.15) is 11.6 Å². The van der Waals surface area contributed by atoms with Crippen LogP contribution in [0.15, 0.2) is 54.6 Å². The number of nitrogens with one attached hydrogen (secondary N) is 1. The van der Waals surface area contributed by atoms with Crippen LogP contribution < -0.4 is 20.7 Å². The molecule has 2 aromatic carbocycles. The molecular formula is C18H19N3O3. The zero-order valence-electron chi connectivity index (χ0n) is 13.1. The SMILES string of the molecule is NCC(=O)N(CC(=O)C1NCOc2ccccc21)c1ccccc1. The summed E-state index contributed by atoms with van der Waals surface area (Å²) in [5.74, 6) is 0.275. The third kappa shape index (κ3) is 3.29. The third-order valence-corrected chi connectivity index (χ3v) is 3.92. The van der Waals surface area contributed by atoms with Crippen molar-refractivity contribution in [3.63, 3.8) is 0 Å². The predicted molar refractivity (Wildman–Crippen MR) is 90.7 cm³/mol. The summed E-state index contributed by atoms with van der Waals surface area (Å²) in [6.45, 7) is 0.0512. The smallest absolute Gasteiger partial charge is 0.241 e. The zero-order valence-corrected chi connectivity index (χ0v) is 13.1. The van der Waals surface area contributed by atoms with Crippen molar-refractivity contribution in [3.8, 4) is 5.75 Å². The number of Topliss-reactive ketones (excluding diaryl/α,β-unsaturated/α-hetero) is 1. The standard InChI is InChI=1S/C18H19N3O3/c19-10-17(23)21(13-6-2-1-3-7-13)11-15(22)18-14-8-4-5-9-16(14)24-12-20-18/h1-9,18,20H,10-12,19H2. The minimum Gasteiger partial charge on any atom is -0.478 e. The Morgan fingerprint density at radius 1 is 1.12 bits per heavy atom. The lowest BCUT2D eigenvalue weighted by Gasteiger charge is -2.29. The molecule has 3 rings (SSSR count). The molecule has 24 heavy (non-hydrogen) atoms. The molecule has 1 aliphatic rings. The number of hydrogen-bond donors (Lipinski definition) is 2. The summed E-state index contributed by atoms with van der Waals surface area (Å²) >= 11 is 0. The normalized spacial score (nSPS) is 16.0. The van der Waals surface area contributed by atoms with E-state index in [4.69, 9.17) is 10.5 Å². The number of nitrogens with two attached hydrogens (primary N) is 1. The van der Waals surface area contributed by atoms with Crippen LogP contribution in [-0.2, 0) is 9.59 Å². The van der Waals surface area contributed by atoms with Crippen molar-refractivity contribution >= 4 is 17.4 Å². The van der Waals surface area contributed by atoms with E-state index in [9.17, 15) is 9.59 Å². The van der Waals surface area contributed by atoms with E-state index in [1.54, 1.807) is 12.1 Å². The molecule has 6 heteroatoms. The molecule has 0 saturated carbocycles. The molecule has 0 aliphatic carbocycles. The monoisotopic (exact) mass is 325 g/mol. The number of hydrogen-bond acceptors (Lipinski definition) is 5. The maximum Gasteiger partial charge on any atom is 0.241 e. The lowest BCUT2D eigenvalue weighted by Crippen LogP contribution is -2.44. The Morgan fingerprint density at radius 2 is 1.83 bits per heavy atom. The highest BCUT2D eigenvalue weighted by Crippen LogP contribution is 2.29. The molecule has 2 aromatic rings. The van der Waals surface area contributed by atoms with Crippen LogP contribution in [0.2, 0.25) is 0 Å². The van der Waals surface area contributed by atoms with Gasteiger partial charge in [-0.05, 0) is 18.2 Å². The Bertz CT molecular complexity index is 733. The van der Waals surface area contributed by atoms with Gasteiger partial charge in [-0.2, -0.15) is 0 Å². The number of nitrogens with zero attached hydrogens (tertiary/aromatic N) is 1. The first-order valence-corrected chi connectivity index (χ1v) is 7.74. The van der Waals surface area contributed by atoms with Gasteiger partial charge in [-0.3, -0.25) is 14.9 Å². The van der Waals surface area contributed by atoms with Gasteiger partial charge in [-0.15, -0.1) is 0 Å². The van der Waals surface area contributed by atoms with Gasteiger partial charge >= 0.3 is 0 Å². The van der Waals surface area contributed by atoms with E-state index in [1.165, 1.54) is 4.90 Å². The molecule has 1 atom stereocenters. The molecular weight excluding hydrogens is 306 g/mol. The van der Waals surface area contributed by atoms with Crippen LogP contribution >= 0.6 is 0 Å². The fourth-order valence-electron chi connectivity index (χ4n) is 2.74. The van der Waals surface area contributed by atoms with Gasteiger partial charge in [0.25, 0.3) is 0 Å². The molecule has 1 heterocycles. The Hall–Kier alpha value is -2.70. The Labute approximate surface area is 140 Å². The Kier molecular flexibility index (Phi) is 4.88. The summed E-state index contributed by atoms with van der Waals surface area (Å²) in [7, 11) is 0. The molecule has 124 valence electrons. The fraction of sp³-hybridized carbons (Fsp3) is 0.222. The number of anilines is 1. The number of ether oxygens (including phenoxy) is 1. The molecule has 1 unspecified atom stereocenters. The molecule has 0 radical (unpaired) electrons. The molecule has 0 bridgehead atoms. The summed E-state index contributed by atoms with van der Waals surface area (Å²) in [4.78, 5) is 26.4. The van der Waals surface area contributed by atoms with Crippen LogP contribution in [-0.4, -0.2) is 31.5 Å². The molecule has 0 saturated heterocycles. The van der Waals surface area contributed by atoms with Gasteiger partial charge in [0.1, 0.15) is 12.5 Å². The summed E-state index contributed by atoms with van der Waals surface area (Å²) in [6, 6.07) is 15.9. The lowest BCUT2D eigenvalue weighted by molar-refractivity contribution is -0.123. The molecule has 1 aliphatic heterocycles. The Balaban J connectivity index is 1.83. The number of rotatable bonds is 5. The van der Waals surface area contributed by atoms with E-state index in [2.05, 4.69) is 5.32 Å². The average molecular weight is 325 g/mol. The van der Waals surface area contributed by atoms with Crippen molar-refractivity contribution in [1.29, 1.82) is 0 Å². The average Bonchev–Trinajstić information content (AvgIpc) is 2.65. The van der Waals surface area contributed by atoms with E-state index in [0.717, 1.165) is 5.56 Å². The second-order valence-electron chi connectivity index (χ2n) is 5.45. The molecule has 0 fully saturated rings. The van der Waals surface area contributed by atoms with Crippen LogP contribution in [0.4, 0.5) is 5.69 Å². The first-order chi connectivity index (χ1) is 11.7. The van der Waals surface area contributed by atoms with Crippen LogP contribution in [0.5, 0.6) is 5.75 Å². The molecule has 1 amide bonds. The number of carbonyl (C=O) groups excluding carboxylic acids is 2. The summed E-state index contributed by atoms with van der Waals surface area (Å²) in [6.07, 6.45) is 0. The van der Waals surface area contributed by atoms with Crippen molar-refractivity contribution in [2.45, 2.75) is 6.04 Å². The fourth-order valence-corrected chi connectivity index (χ4v) is 2.74. The maximum absolute atomic E-state index is 12.8. The van der Waals surface area contributed by atoms with Gasteiger partial charge in [-0.1, -0.05) is 36.4 Å². The van der Waals surface area contributed by atoms with Crippen molar-refractivity contribution in [2.75, 3.05) is 24.7 Å². The van der Waals surface area contributed by atoms with E-state index < -0.39 is 6.04 Å². The number of para-hydroxylation sites is 2. The number of fused-ring (bicyclic) bond motifs is 1. The van der Waals surface area contributed by atoms with E-state index in [-0.39, 0.29) is 31.5 Å². The summed E-state index contributed by atoms with van der Waals surface area (Å²) in [5, 5.41) is 3.05. The van der Waals surface area contributed by atoms with E-state index >= 15 is 0 Å². The summed E-state index contributed by atoms with van der Waals surface area (Å²) < 4.78 is 5.50. The number of benzene rings is 2. The number of ketones is 1. The highest BCUT2D eigenvalue weighted by atomic mass is 16.5. The van der Waals surface area contributed by atoms with Crippen molar-refractivity contribution < 1.29 is 14.3 Å². The van der Waals surface area contributed by atoms with Gasteiger partial charge in [0, 0.05) is 11.3 Å². The molecule has 3 N–H and O–H groups in total. The zero-order chi connectivity index (χ0) is 16.9. The molecule has 6 nitrogen and oxygen atoms in total. The van der Waals surface area contributed by atoms with Gasteiger partial charge in [-0.25, -0.2) is 0 Å². The molecule has 0 spiro atoms. The highest BCUT2D eigenvalue weighted by molar-refractivity contribution is 6.01. The van der Waals surface area contributed by atoms with Crippen LogP contribution in [0, 0.1) is 0 Å². The van der Waals surface area contributed by atoms with Gasteiger partial charge in [0.2, 0.25) is 5.91 Å². The first kappa shape index (κ1) is 16.2. The number of carbonyl (C=O) groups is 2. The molecule has 0 aromatic heterocycles. The quantitative estimate of drug-likeness (QED) is 0.864. The topological polar surface area (TPSA) is 84.7 Å². The predicted octanol–water partition coefficient (Wildman–Crippen LogP) is 1.23. The van der Waals surface area contributed by atoms with Gasteiger partial charge in [0.15, 0.2) is 5.78 Å². The van der Waals surface area contributed by atoms with Crippen molar-refractivity contribution in [1.82, 2.24) is 5.32 Å².